The number of rotatable bonds is 6. The van der Waals surface area contributed by atoms with E-state index in [9.17, 15) is 9.18 Å². The van der Waals surface area contributed by atoms with Gasteiger partial charge in [0, 0.05) is 36.8 Å². The summed E-state index contributed by atoms with van der Waals surface area (Å²) < 4.78 is 15.1. The first-order valence-electron chi connectivity index (χ1n) is 11.3. The van der Waals surface area contributed by atoms with Gasteiger partial charge in [0.25, 0.3) is 5.91 Å². The number of nitrogens with zero attached hydrogens (tertiary/aromatic N) is 4. The fourth-order valence-corrected chi connectivity index (χ4v) is 5.39. The Hall–Kier alpha value is -3.26. The molecule has 1 aliphatic heterocycles. The number of benzene rings is 1. The van der Waals surface area contributed by atoms with Gasteiger partial charge < -0.3 is 10.2 Å². The number of carbonyl (C=O) groups excluding carboxylic acids is 1. The maximum absolute atomic E-state index is 13.2. The van der Waals surface area contributed by atoms with Gasteiger partial charge in [-0.25, -0.2) is 9.37 Å². The van der Waals surface area contributed by atoms with E-state index in [2.05, 4.69) is 20.3 Å². The van der Waals surface area contributed by atoms with Crippen molar-refractivity contribution in [2.75, 3.05) is 18.0 Å². The summed E-state index contributed by atoms with van der Waals surface area (Å²) >= 11 is 1.43. The van der Waals surface area contributed by atoms with E-state index in [1.54, 1.807) is 12.1 Å². The molecule has 0 bridgehead atoms. The largest absolute Gasteiger partial charge is 0.356 e. The zero-order chi connectivity index (χ0) is 22.8. The standard InChI is InChI=1S/C25H26FN5OS/c1-17-21-14-22(33-25(21)31(29-17)16-18-7-9-20(26)10-8-18)24(32)28-15-19-6-5-11-27-23(19)30-12-3-2-4-13-30/h5-11,14H,2-4,12-13,15-16H2,1H3,(H,28,32). The molecule has 6 nitrogen and oxygen atoms in total. The van der Waals surface area contributed by atoms with Crippen molar-refractivity contribution in [3.63, 3.8) is 0 Å². The van der Waals surface area contributed by atoms with Crippen molar-refractivity contribution in [1.29, 1.82) is 0 Å². The van der Waals surface area contributed by atoms with Crippen LogP contribution < -0.4 is 10.2 Å². The summed E-state index contributed by atoms with van der Waals surface area (Å²) in [4.78, 5) is 21.5. The summed E-state index contributed by atoms with van der Waals surface area (Å²) in [6.45, 7) is 4.93. The number of anilines is 1. The Morgan fingerprint density at radius 1 is 1.15 bits per heavy atom. The Labute approximate surface area is 196 Å². The Morgan fingerprint density at radius 3 is 2.73 bits per heavy atom. The summed E-state index contributed by atoms with van der Waals surface area (Å²) in [5.41, 5.74) is 2.87. The summed E-state index contributed by atoms with van der Waals surface area (Å²) in [6.07, 6.45) is 5.44. The number of carbonyl (C=O) groups is 1. The number of nitrogens with one attached hydrogen (secondary N) is 1. The molecule has 1 aromatic carbocycles. The smallest absolute Gasteiger partial charge is 0.261 e. The molecule has 1 N–H and O–H groups in total. The van der Waals surface area contributed by atoms with Crippen molar-refractivity contribution in [2.45, 2.75) is 39.3 Å². The van der Waals surface area contributed by atoms with Gasteiger partial charge in [0.05, 0.1) is 17.1 Å². The molecule has 1 fully saturated rings. The summed E-state index contributed by atoms with van der Waals surface area (Å²) in [7, 11) is 0. The van der Waals surface area contributed by atoms with Gasteiger partial charge in [0.1, 0.15) is 16.5 Å². The molecule has 4 heterocycles. The number of piperidine rings is 1. The van der Waals surface area contributed by atoms with Crippen LogP contribution in [0.4, 0.5) is 10.2 Å². The predicted molar refractivity (Wildman–Crippen MR) is 129 cm³/mol. The minimum Gasteiger partial charge on any atom is -0.356 e. The maximum atomic E-state index is 13.2. The van der Waals surface area contributed by atoms with Crippen LogP contribution in [0, 0.1) is 12.7 Å². The van der Waals surface area contributed by atoms with E-state index in [-0.39, 0.29) is 11.7 Å². The fourth-order valence-electron chi connectivity index (χ4n) is 4.32. The van der Waals surface area contributed by atoms with Gasteiger partial charge >= 0.3 is 0 Å². The average Bonchev–Trinajstić information content (AvgIpc) is 3.41. The second-order valence-corrected chi connectivity index (χ2v) is 9.45. The number of pyridine rings is 1. The molecule has 1 amide bonds. The Morgan fingerprint density at radius 2 is 1.94 bits per heavy atom. The van der Waals surface area contributed by atoms with E-state index < -0.39 is 0 Å². The molecule has 1 aliphatic rings. The number of fused-ring (bicyclic) bond motifs is 1. The number of amides is 1. The van der Waals surface area contributed by atoms with Gasteiger partial charge in [-0.05, 0) is 56.0 Å². The Kier molecular flexibility index (Phi) is 6.09. The van der Waals surface area contributed by atoms with Gasteiger partial charge in [-0.2, -0.15) is 5.10 Å². The molecule has 0 spiro atoms. The zero-order valence-corrected chi connectivity index (χ0v) is 19.4. The van der Waals surface area contributed by atoms with Crippen LogP contribution in [-0.2, 0) is 13.1 Å². The molecule has 0 aliphatic carbocycles. The van der Waals surface area contributed by atoms with Crippen molar-refractivity contribution < 1.29 is 9.18 Å². The van der Waals surface area contributed by atoms with Crippen molar-refractivity contribution in [3.05, 3.63) is 76.2 Å². The fraction of sp³-hybridized carbons (Fsp3) is 0.320. The molecule has 0 atom stereocenters. The highest BCUT2D eigenvalue weighted by molar-refractivity contribution is 7.20. The number of thiophene rings is 1. The topological polar surface area (TPSA) is 63.1 Å². The van der Waals surface area contributed by atoms with Crippen LogP contribution in [0.25, 0.3) is 10.2 Å². The third-order valence-corrected chi connectivity index (χ3v) is 7.19. The molecule has 8 heteroatoms. The molecule has 170 valence electrons. The monoisotopic (exact) mass is 463 g/mol. The van der Waals surface area contributed by atoms with Crippen LogP contribution in [0.1, 0.15) is 45.8 Å². The van der Waals surface area contributed by atoms with E-state index in [1.165, 1.54) is 42.7 Å². The van der Waals surface area contributed by atoms with E-state index in [0.29, 0.717) is 18.0 Å². The summed E-state index contributed by atoms with van der Waals surface area (Å²) in [5, 5.41) is 8.66. The highest BCUT2D eigenvalue weighted by Crippen LogP contribution is 2.29. The average molecular weight is 464 g/mol. The van der Waals surface area contributed by atoms with Gasteiger partial charge in [0.15, 0.2) is 0 Å². The first kappa shape index (κ1) is 21.6. The van der Waals surface area contributed by atoms with E-state index in [4.69, 9.17) is 0 Å². The highest BCUT2D eigenvalue weighted by Gasteiger charge is 2.19. The number of aryl methyl sites for hydroxylation is 1. The molecule has 33 heavy (non-hydrogen) atoms. The lowest BCUT2D eigenvalue weighted by Crippen LogP contribution is -2.32. The zero-order valence-electron chi connectivity index (χ0n) is 18.6. The number of halogens is 1. The van der Waals surface area contributed by atoms with Gasteiger partial charge in [-0.15, -0.1) is 11.3 Å². The van der Waals surface area contributed by atoms with Crippen LogP contribution in [0.3, 0.4) is 0 Å². The van der Waals surface area contributed by atoms with Gasteiger partial charge in [0.2, 0.25) is 0 Å². The van der Waals surface area contributed by atoms with Gasteiger partial charge in [-0.3, -0.25) is 9.48 Å². The molecule has 3 aromatic heterocycles. The quantitative estimate of drug-likeness (QED) is 0.441. The Balaban J connectivity index is 1.32. The third kappa shape index (κ3) is 4.61. The van der Waals surface area contributed by atoms with Crippen molar-refractivity contribution >= 4 is 33.3 Å². The van der Waals surface area contributed by atoms with E-state index >= 15 is 0 Å². The molecular formula is C25H26FN5OS. The van der Waals surface area contributed by atoms with Gasteiger partial charge in [-0.1, -0.05) is 18.2 Å². The molecule has 1 saturated heterocycles. The third-order valence-electron chi connectivity index (χ3n) is 6.04. The Bertz CT molecular complexity index is 1270. The second kappa shape index (κ2) is 9.31. The summed E-state index contributed by atoms with van der Waals surface area (Å²) in [6, 6.07) is 12.3. The number of hydrogen-bond donors (Lipinski definition) is 1. The molecule has 0 radical (unpaired) electrons. The van der Waals surface area contributed by atoms with Crippen LogP contribution in [0.15, 0.2) is 48.7 Å². The minimum atomic E-state index is -0.257. The SMILES string of the molecule is Cc1nn(Cc2ccc(F)cc2)c2sc(C(=O)NCc3cccnc3N3CCCCC3)cc12. The van der Waals surface area contributed by atoms with Crippen LogP contribution in [0.2, 0.25) is 0 Å². The van der Waals surface area contributed by atoms with Crippen molar-refractivity contribution in [1.82, 2.24) is 20.1 Å². The lowest BCUT2D eigenvalue weighted by Gasteiger charge is -2.29. The second-order valence-electron chi connectivity index (χ2n) is 8.42. The highest BCUT2D eigenvalue weighted by atomic mass is 32.1. The molecule has 0 saturated carbocycles. The predicted octanol–water partition coefficient (Wildman–Crippen LogP) is 4.91. The molecule has 5 rings (SSSR count). The van der Waals surface area contributed by atoms with E-state index in [1.807, 2.05) is 36.0 Å². The van der Waals surface area contributed by atoms with Crippen LogP contribution >= 0.6 is 11.3 Å². The number of aromatic nitrogens is 3. The summed E-state index contributed by atoms with van der Waals surface area (Å²) in [5.74, 6) is 0.615. The lowest BCUT2D eigenvalue weighted by atomic mass is 10.1. The normalized spacial score (nSPS) is 14.1. The lowest BCUT2D eigenvalue weighted by molar-refractivity contribution is 0.0955. The van der Waals surface area contributed by atoms with Crippen LogP contribution in [0.5, 0.6) is 0 Å². The maximum Gasteiger partial charge on any atom is 0.261 e. The first-order valence-corrected chi connectivity index (χ1v) is 12.1. The molecular weight excluding hydrogens is 437 g/mol. The van der Waals surface area contributed by atoms with E-state index in [0.717, 1.165) is 45.9 Å². The molecule has 4 aromatic rings. The molecule has 0 unspecified atom stereocenters. The first-order chi connectivity index (χ1) is 16.1. The van der Waals surface area contributed by atoms with Crippen LogP contribution in [-0.4, -0.2) is 33.8 Å². The van der Waals surface area contributed by atoms with Crippen molar-refractivity contribution in [3.8, 4) is 0 Å². The minimum absolute atomic E-state index is 0.0996. The van der Waals surface area contributed by atoms with Crippen molar-refractivity contribution in [2.24, 2.45) is 0 Å². The number of hydrogen-bond acceptors (Lipinski definition) is 5.